The number of nitrogens with zero attached hydrogens (tertiary/aromatic N) is 2. The first kappa shape index (κ1) is 8.00. The van der Waals surface area contributed by atoms with Crippen LogP contribution in [0, 0.1) is 10.1 Å². The van der Waals surface area contributed by atoms with E-state index < -0.39 is 4.92 Å². The van der Waals surface area contributed by atoms with E-state index in [-0.39, 0.29) is 12.3 Å². The lowest BCUT2D eigenvalue weighted by Gasteiger charge is -1.97. The molecule has 1 N–H and O–H groups in total. The van der Waals surface area contributed by atoms with E-state index in [1.807, 2.05) is 0 Å². The zero-order valence-electron chi connectivity index (χ0n) is 6.80. The van der Waals surface area contributed by atoms with Gasteiger partial charge in [0.1, 0.15) is 5.52 Å². The average molecular weight is 180 g/mol. The summed E-state index contributed by atoms with van der Waals surface area (Å²) in [6, 6.07) is 5.02. The average Bonchev–Trinajstić information content (AvgIpc) is 2.63. The molecule has 2 rings (SSSR count). The van der Waals surface area contributed by atoms with E-state index in [0.717, 1.165) is 5.52 Å². The number of non-ortho nitro benzene ring substituents is 1. The molecule has 0 aliphatic rings. The van der Waals surface area contributed by atoms with Crippen LogP contribution in [0.4, 0.5) is 5.69 Å². The standard InChI is InChI=1S/C8H8N2O3/c11-4-3-9-6-1-2-7(9)8(5-6)10(12)13/h1-2,5,11H,3-4H2. The molecule has 0 atom stereocenters. The molecule has 0 saturated heterocycles. The SMILES string of the molecule is O=[N+]([O-])c1cc2ccc1n2CCO. The third kappa shape index (κ3) is 1.05. The number of rotatable bonds is 3. The summed E-state index contributed by atoms with van der Waals surface area (Å²) < 4.78 is 1.73. The number of fused-ring (bicyclic) bond motifs is 2. The highest BCUT2D eigenvalue weighted by molar-refractivity contribution is 5.79. The first-order chi connectivity index (χ1) is 6.24. The molecule has 2 aromatic heterocycles. The van der Waals surface area contributed by atoms with Crippen molar-refractivity contribution in [2.75, 3.05) is 6.61 Å². The van der Waals surface area contributed by atoms with Crippen molar-refractivity contribution in [2.24, 2.45) is 0 Å². The fraction of sp³-hybridized carbons (Fsp3) is 0.250. The fourth-order valence-corrected chi connectivity index (χ4v) is 1.54. The number of nitro groups is 1. The van der Waals surface area contributed by atoms with Crippen LogP contribution in [0.15, 0.2) is 18.2 Å². The number of nitro benzene ring substituents is 1. The van der Waals surface area contributed by atoms with Gasteiger partial charge in [-0.1, -0.05) is 0 Å². The van der Waals surface area contributed by atoms with Crippen LogP contribution < -0.4 is 0 Å². The Bertz CT molecular complexity index is 435. The molecule has 0 amide bonds. The third-order valence-electron chi connectivity index (χ3n) is 2.08. The monoisotopic (exact) mass is 180 g/mol. The molecule has 2 heterocycles. The van der Waals surface area contributed by atoms with E-state index in [1.165, 1.54) is 6.07 Å². The van der Waals surface area contributed by atoms with Crippen LogP contribution in [-0.2, 0) is 6.54 Å². The van der Waals surface area contributed by atoms with Gasteiger partial charge in [-0.3, -0.25) is 10.1 Å². The Morgan fingerprint density at radius 2 is 2.31 bits per heavy atom. The molecule has 0 aliphatic carbocycles. The molecule has 0 spiro atoms. The van der Waals surface area contributed by atoms with E-state index in [0.29, 0.717) is 12.1 Å². The third-order valence-corrected chi connectivity index (χ3v) is 2.08. The molecule has 0 aliphatic heterocycles. The second-order valence-electron chi connectivity index (χ2n) is 2.81. The van der Waals surface area contributed by atoms with E-state index in [2.05, 4.69) is 0 Å². The quantitative estimate of drug-likeness (QED) is 0.565. The minimum Gasteiger partial charge on any atom is -0.395 e. The van der Waals surface area contributed by atoms with Crippen molar-refractivity contribution in [2.45, 2.75) is 6.54 Å². The maximum atomic E-state index is 10.5. The molecule has 68 valence electrons. The zero-order chi connectivity index (χ0) is 9.42. The number of hydrogen-bond donors (Lipinski definition) is 1. The smallest absolute Gasteiger partial charge is 0.294 e. The summed E-state index contributed by atoms with van der Waals surface area (Å²) in [6.07, 6.45) is 0. The van der Waals surface area contributed by atoms with E-state index in [4.69, 9.17) is 5.11 Å². The minimum atomic E-state index is -0.407. The lowest BCUT2D eigenvalue weighted by Crippen LogP contribution is -1.99. The zero-order valence-corrected chi connectivity index (χ0v) is 6.80. The summed E-state index contributed by atoms with van der Waals surface area (Å²) in [6.45, 7) is 0.402. The van der Waals surface area contributed by atoms with Gasteiger partial charge >= 0.3 is 0 Å². The minimum absolute atomic E-state index is 0.00643. The van der Waals surface area contributed by atoms with Gasteiger partial charge in [-0.15, -0.1) is 0 Å². The Balaban J connectivity index is 2.55. The predicted octanol–water partition coefficient (Wildman–Crippen LogP) is 0.980. The summed E-state index contributed by atoms with van der Waals surface area (Å²) >= 11 is 0. The second kappa shape index (κ2) is 2.70. The molecular formula is C8H8N2O3. The Morgan fingerprint density at radius 1 is 1.54 bits per heavy atom. The lowest BCUT2D eigenvalue weighted by atomic mass is 10.3. The molecular weight excluding hydrogens is 172 g/mol. The first-order valence-corrected chi connectivity index (χ1v) is 3.91. The van der Waals surface area contributed by atoms with Gasteiger partial charge in [-0.25, -0.2) is 0 Å². The van der Waals surface area contributed by atoms with Gasteiger partial charge in [-0.2, -0.15) is 0 Å². The number of aromatic nitrogens is 1. The largest absolute Gasteiger partial charge is 0.395 e. The van der Waals surface area contributed by atoms with Crippen LogP contribution >= 0.6 is 0 Å². The van der Waals surface area contributed by atoms with Crippen LogP contribution in [0.5, 0.6) is 0 Å². The van der Waals surface area contributed by atoms with Gasteiger partial charge in [0.15, 0.2) is 0 Å². The molecule has 13 heavy (non-hydrogen) atoms. The molecule has 0 radical (unpaired) electrons. The van der Waals surface area contributed by atoms with Crippen molar-refractivity contribution < 1.29 is 10.0 Å². The van der Waals surface area contributed by atoms with Crippen LogP contribution in [0.3, 0.4) is 0 Å². The number of aliphatic hydroxyl groups excluding tert-OH is 1. The predicted molar refractivity (Wildman–Crippen MR) is 46.9 cm³/mol. The highest BCUT2D eigenvalue weighted by Gasteiger charge is 2.18. The van der Waals surface area contributed by atoms with Crippen molar-refractivity contribution in [3.05, 3.63) is 28.3 Å². The number of benzene rings is 1. The normalized spacial score (nSPS) is 11.2. The molecule has 5 nitrogen and oxygen atoms in total. The van der Waals surface area contributed by atoms with E-state index in [1.54, 1.807) is 16.7 Å². The Labute approximate surface area is 73.7 Å². The van der Waals surface area contributed by atoms with Crippen LogP contribution in [-0.4, -0.2) is 21.2 Å². The summed E-state index contributed by atoms with van der Waals surface area (Å²) in [5.41, 5.74) is 1.48. The maximum absolute atomic E-state index is 10.5. The molecule has 0 unspecified atom stereocenters. The van der Waals surface area contributed by atoms with Crippen LogP contribution in [0.2, 0.25) is 0 Å². The molecule has 0 aromatic carbocycles. The molecule has 0 fully saturated rings. The Hall–Kier alpha value is -1.62. The van der Waals surface area contributed by atoms with E-state index in [9.17, 15) is 10.1 Å². The van der Waals surface area contributed by atoms with Gasteiger partial charge in [-0.05, 0) is 12.1 Å². The molecule has 0 saturated carbocycles. The second-order valence-corrected chi connectivity index (χ2v) is 2.81. The molecule has 2 bridgehead atoms. The maximum Gasteiger partial charge on any atom is 0.294 e. The van der Waals surface area contributed by atoms with Crippen molar-refractivity contribution >= 4 is 16.7 Å². The fourth-order valence-electron chi connectivity index (χ4n) is 1.54. The Morgan fingerprint density at radius 3 is 2.85 bits per heavy atom. The summed E-state index contributed by atoms with van der Waals surface area (Å²) in [5, 5.41) is 19.2. The Kier molecular flexibility index (Phi) is 1.66. The van der Waals surface area contributed by atoms with Gasteiger partial charge in [0, 0.05) is 18.1 Å². The molecule has 2 aromatic rings. The first-order valence-electron chi connectivity index (χ1n) is 3.91. The van der Waals surface area contributed by atoms with Gasteiger partial charge in [0.05, 0.1) is 11.5 Å². The highest BCUT2D eigenvalue weighted by atomic mass is 16.6. The van der Waals surface area contributed by atoms with E-state index >= 15 is 0 Å². The summed E-state index contributed by atoms with van der Waals surface area (Å²) in [7, 11) is 0. The van der Waals surface area contributed by atoms with Crippen molar-refractivity contribution in [1.82, 2.24) is 4.57 Å². The lowest BCUT2D eigenvalue weighted by molar-refractivity contribution is -0.383. The summed E-state index contributed by atoms with van der Waals surface area (Å²) in [5.74, 6) is 0. The molecule has 5 heteroatoms. The van der Waals surface area contributed by atoms with Gasteiger partial charge in [0.25, 0.3) is 5.69 Å². The number of aliphatic hydroxyl groups is 1. The summed E-state index contributed by atoms with van der Waals surface area (Å²) in [4.78, 5) is 10.1. The van der Waals surface area contributed by atoms with Gasteiger partial charge < -0.3 is 9.67 Å². The number of hydrogen-bond acceptors (Lipinski definition) is 3. The van der Waals surface area contributed by atoms with Crippen LogP contribution in [0.25, 0.3) is 11.0 Å². The van der Waals surface area contributed by atoms with Gasteiger partial charge in [0.2, 0.25) is 0 Å². The van der Waals surface area contributed by atoms with Crippen molar-refractivity contribution in [1.29, 1.82) is 0 Å². The highest BCUT2D eigenvalue weighted by Crippen LogP contribution is 2.28. The van der Waals surface area contributed by atoms with Crippen LogP contribution in [0.1, 0.15) is 0 Å². The van der Waals surface area contributed by atoms with Crippen molar-refractivity contribution in [3.8, 4) is 0 Å². The van der Waals surface area contributed by atoms with Crippen molar-refractivity contribution in [3.63, 3.8) is 0 Å². The topological polar surface area (TPSA) is 68.3 Å².